The van der Waals surface area contributed by atoms with Gasteiger partial charge in [0.2, 0.25) is 0 Å². The van der Waals surface area contributed by atoms with E-state index in [9.17, 15) is 4.79 Å². The summed E-state index contributed by atoms with van der Waals surface area (Å²) in [7, 11) is 0. The molecule has 2 heterocycles. The van der Waals surface area contributed by atoms with E-state index in [2.05, 4.69) is 10.1 Å². The standard InChI is InChI=1S/C13H16ClN3O2S2/c1-3-9-12(14)10(17(4-2)16-9)7-21-13-15-8(6-20-13)5-11(18)19/h6H,3-5,7H2,1-2H3,(H,18,19). The normalized spacial score (nSPS) is 11.0. The lowest BCUT2D eigenvalue weighted by atomic mass is 10.3. The van der Waals surface area contributed by atoms with Crippen molar-refractivity contribution >= 4 is 40.7 Å². The molecule has 0 fully saturated rings. The van der Waals surface area contributed by atoms with Crippen molar-refractivity contribution in [3.8, 4) is 0 Å². The Morgan fingerprint density at radius 2 is 2.29 bits per heavy atom. The molecular weight excluding hydrogens is 330 g/mol. The fraction of sp³-hybridized carbons (Fsp3) is 0.462. The summed E-state index contributed by atoms with van der Waals surface area (Å²) in [5.41, 5.74) is 2.51. The van der Waals surface area contributed by atoms with Crippen molar-refractivity contribution in [2.24, 2.45) is 0 Å². The zero-order valence-corrected chi connectivity index (χ0v) is 14.2. The largest absolute Gasteiger partial charge is 0.481 e. The minimum Gasteiger partial charge on any atom is -0.481 e. The highest BCUT2D eigenvalue weighted by Gasteiger charge is 2.15. The molecule has 0 spiro atoms. The molecule has 2 aromatic rings. The van der Waals surface area contributed by atoms with Gasteiger partial charge in [-0.3, -0.25) is 9.48 Å². The molecule has 0 saturated heterocycles. The van der Waals surface area contributed by atoms with Crippen LogP contribution in [-0.2, 0) is 29.9 Å². The number of thiazole rings is 1. The molecule has 1 N–H and O–H groups in total. The van der Waals surface area contributed by atoms with Gasteiger partial charge in [0.1, 0.15) is 0 Å². The lowest BCUT2D eigenvalue weighted by Gasteiger charge is -2.03. The lowest BCUT2D eigenvalue weighted by Crippen LogP contribution is -2.02. The van der Waals surface area contributed by atoms with Gasteiger partial charge < -0.3 is 5.11 Å². The number of nitrogens with zero attached hydrogens (tertiary/aromatic N) is 3. The molecule has 0 unspecified atom stereocenters. The van der Waals surface area contributed by atoms with Crippen molar-refractivity contribution in [1.82, 2.24) is 14.8 Å². The van der Waals surface area contributed by atoms with Crippen LogP contribution in [0.3, 0.4) is 0 Å². The minimum absolute atomic E-state index is 0.0370. The quantitative estimate of drug-likeness (QED) is 0.778. The Bertz CT molecular complexity index is 639. The molecule has 0 amide bonds. The molecule has 0 aliphatic heterocycles. The number of rotatable bonds is 7. The van der Waals surface area contributed by atoms with Crippen molar-refractivity contribution < 1.29 is 9.90 Å². The molecule has 0 aromatic carbocycles. The maximum absolute atomic E-state index is 10.7. The molecule has 0 saturated carbocycles. The predicted molar refractivity (Wildman–Crippen MR) is 85.3 cm³/mol. The second-order valence-corrected chi connectivity index (χ2v) is 6.80. The Kier molecular flexibility index (Phi) is 5.66. The van der Waals surface area contributed by atoms with E-state index >= 15 is 0 Å². The number of halogens is 1. The molecule has 8 heteroatoms. The summed E-state index contributed by atoms with van der Waals surface area (Å²) in [5, 5.41) is 15.7. The summed E-state index contributed by atoms with van der Waals surface area (Å²) in [6.07, 6.45) is 0.772. The second kappa shape index (κ2) is 7.29. The predicted octanol–water partition coefficient (Wildman–Crippen LogP) is 3.49. The maximum Gasteiger partial charge on any atom is 0.309 e. The van der Waals surface area contributed by atoms with Gasteiger partial charge in [0.05, 0.1) is 28.5 Å². The third kappa shape index (κ3) is 3.99. The third-order valence-corrected chi connectivity index (χ3v) is 5.41. The Balaban J connectivity index is 2.07. The average molecular weight is 346 g/mol. The second-order valence-electron chi connectivity index (χ2n) is 4.34. The van der Waals surface area contributed by atoms with Gasteiger partial charge in [0.25, 0.3) is 0 Å². The van der Waals surface area contributed by atoms with E-state index in [1.54, 1.807) is 17.1 Å². The van der Waals surface area contributed by atoms with Crippen molar-refractivity contribution in [3.05, 3.63) is 27.5 Å². The smallest absolute Gasteiger partial charge is 0.309 e. The van der Waals surface area contributed by atoms with Gasteiger partial charge in [-0.15, -0.1) is 11.3 Å². The highest BCUT2D eigenvalue weighted by Crippen LogP contribution is 2.31. The number of aryl methyl sites for hydroxylation is 2. The number of carboxylic acid groups (broad SMARTS) is 1. The molecule has 0 radical (unpaired) electrons. The molecule has 0 aliphatic carbocycles. The number of hydrogen-bond donors (Lipinski definition) is 1. The molecule has 2 aromatic heterocycles. The van der Waals surface area contributed by atoms with E-state index in [-0.39, 0.29) is 6.42 Å². The van der Waals surface area contributed by atoms with Crippen LogP contribution in [0.2, 0.25) is 5.02 Å². The zero-order valence-electron chi connectivity index (χ0n) is 11.8. The molecule has 2 rings (SSSR count). The first-order valence-corrected chi connectivity index (χ1v) is 8.82. The van der Waals surface area contributed by atoms with Gasteiger partial charge in [-0.25, -0.2) is 4.98 Å². The Morgan fingerprint density at radius 3 is 2.90 bits per heavy atom. The van der Waals surface area contributed by atoms with Crippen LogP contribution in [0.1, 0.15) is 30.9 Å². The lowest BCUT2D eigenvalue weighted by molar-refractivity contribution is -0.136. The van der Waals surface area contributed by atoms with Gasteiger partial charge in [0.15, 0.2) is 4.34 Å². The first-order chi connectivity index (χ1) is 10.0. The first-order valence-electron chi connectivity index (χ1n) is 6.58. The topological polar surface area (TPSA) is 68.0 Å². The summed E-state index contributed by atoms with van der Waals surface area (Å²) in [5.74, 6) is -0.184. The third-order valence-electron chi connectivity index (χ3n) is 2.89. The van der Waals surface area contributed by atoms with Gasteiger partial charge in [-0.2, -0.15) is 5.10 Å². The van der Waals surface area contributed by atoms with Crippen LogP contribution < -0.4 is 0 Å². The van der Waals surface area contributed by atoms with Gasteiger partial charge in [-0.05, 0) is 13.3 Å². The van der Waals surface area contributed by atoms with E-state index < -0.39 is 5.97 Å². The van der Waals surface area contributed by atoms with Crippen molar-refractivity contribution in [1.29, 1.82) is 0 Å². The highest BCUT2D eigenvalue weighted by molar-refractivity contribution is 8.00. The number of aromatic nitrogens is 3. The molecule has 0 bridgehead atoms. The number of thioether (sulfide) groups is 1. The van der Waals surface area contributed by atoms with Crippen LogP contribution in [0.15, 0.2) is 9.72 Å². The minimum atomic E-state index is -0.864. The fourth-order valence-corrected chi connectivity index (χ4v) is 4.16. The molecule has 21 heavy (non-hydrogen) atoms. The van der Waals surface area contributed by atoms with Gasteiger partial charge in [0, 0.05) is 17.7 Å². The summed E-state index contributed by atoms with van der Waals surface area (Å²) < 4.78 is 2.77. The van der Waals surface area contributed by atoms with E-state index in [0.29, 0.717) is 11.4 Å². The van der Waals surface area contributed by atoms with Crippen LogP contribution in [0.25, 0.3) is 0 Å². The van der Waals surface area contributed by atoms with Crippen LogP contribution in [0.5, 0.6) is 0 Å². The SMILES string of the molecule is CCc1nn(CC)c(CSc2nc(CC(=O)O)cs2)c1Cl. The summed E-state index contributed by atoms with van der Waals surface area (Å²) in [4.78, 5) is 15.0. The molecule has 114 valence electrons. The van der Waals surface area contributed by atoms with Gasteiger partial charge in [-0.1, -0.05) is 30.3 Å². The van der Waals surface area contributed by atoms with Crippen molar-refractivity contribution in [3.63, 3.8) is 0 Å². The summed E-state index contributed by atoms with van der Waals surface area (Å²) >= 11 is 9.37. The Hall–Kier alpha value is -1.05. The molecule has 0 atom stereocenters. The van der Waals surface area contributed by atoms with E-state index in [1.165, 1.54) is 11.3 Å². The van der Waals surface area contributed by atoms with Crippen LogP contribution in [0.4, 0.5) is 0 Å². The van der Waals surface area contributed by atoms with Crippen LogP contribution >= 0.6 is 34.7 Å². The van der Waals surface area contributed by atoms with E-state index in [1.807, 2.05) is 18.5 Å². The van der Waals surface area contributed by atoms with E-state index in [4.69, 9.17) is 16.7 Å². The molecule has 5 nitrogen and oxygen atoms in total. The first kappa shape index (κ1) is 16.3. The van der Waals surface area contributed by atoms with Crippen LogP contribution in [-0.4, -0.2) is 25.8 Å². The fourth-order valence-electron chi connectivity index (χ4n) is 1.88. The molecular formula is C13H16ClN3O2S2. The number of carbonyl (C=O) groups is 1. The summed E-state index contributed by atoms with van der Waals surface area (Å²) in [6, 6.07) is 0. The van der Waals surface area contributed by atoms with Crippen molar-refractivity contribution in [2.45, 2.75) is 43.3 Å². The Morgan fingerprint density at radius 1 is 1.52 bits per heavy atom. The van der Waals surface area contributed by atoms with Crippen molar-refractivity contribution in [2.75, 3.05) is 0 Å². The number of aliphatic carboxylic acids is 1. The van der Waals surface area contributed by atoms with Crippen LogP contribution in [0, 0.1) is 0 Å². The zero-order chi connectivity index (χ0) is 15.4. The monoisotopic (exact) mass is 345 g/mol. The Labute approximate surface area is 136 Å². The number of hydrogen-bond acceptors (Lipinski definition) is 5. The summed E-state index contributed by atoms with van der Waals surface area (Å²) in [6.45, 7) is 4.84. The van der Waals surface area contributed by atoms with E-state index in [0.717, 1.165) is 33.7 Å². The average Bonchev–Trinajstić information content (AvgIpc) is 3.00. The number of carboxylic acids is 1. The molecule has 0 aliphatic rings. The maximum atomic E-state index is 10.7. The van der Waals surface area contributed by atoms with Gasteiger partial charge >= 0.3 is 5.97 Å². The highest BCUT2D eigenvalue weighted by atomic mass is 35.5.